The summed E-state index contributed by atoms with van der Waals surface area (Å²) in [6.45, 7) is 0.525. The molecule has 2 amide bonds. The minimum absolute atomic E-state index is 0.142. The van der Waals surface area contributed by atoms with E-state index in [0.29, 0.717) is 24.2 Å². The largest absolute Gasteiger partial charge is 0.465 e. The van der Waals surface area contributed by atoms with E-state index in [0.717, 1.165) is 10.8 Å². The molecule has 0 unspecified atom stereocenters. The Bertz CT molecular complexity index is 599. The van der Waals surface area contributed by atoms with Crippen LogP contribution < -0.4 is 0 Å². The first kappa shape index (κ1) is 13.8. The fourth-order valence-corrected chi connectivity index (χ4v) is 2.70. The molecular weight excluding hydrogens is 280 g/mol. The van der Waals surface area contributed by atoms with Crippen LogP contribution in [0.3, 0.4) is 0 Å². The van der Waals surface area contributed by atoms with Gasteiger partial charge in [-0.15, -0.1) is 0 Å². The summed E-state index contributed by atoms with van der Waals surface area (Å²) in [7, 11) is 1.47. The Morgan fingerprint density at radius 2 is 2.29 bits per heavy atom. The molecule has 2 N–H and O–H groups in total. The van der Waals surface area contributed by atoms with Crippen LogP contribution in [0.4, 0.5) is 4.79 Å². The zero-order valence-electron chi connectivity index (χ0n) is 11.5. The molecule has 1 aromatic rings. The number of amides is 2. The lowest BCUT2D eigenvalue weighted by Gasteiger charge is -2.24. The molecule has 0 aromatic carbocycles. The lowest BCUT2D eigenvalue weighted by molar-refractivity contribution is -0.159. The molecule has 0 saturated heterocycles. The van der Waals surface area contributed by atoms with E-state index in [9.17, 15) is 14.7 Å². The van der Waals surface area contributed by atoms with Gasteiger partial charge in [0.15, 0.2) is 0 Å². The van der Waals surface area contributed by atoms with Crippen molar-refractivity contribution in [2.75, 3.05) is 20.2 Å². The number of hydrogen-bond donors (Lipinski definition) is 2. The van der Waals surface area contributed by atoms with Crippen LogP contribution in [0.15, 0.2) is 0 Å². The van der Waals surface area contributed by atoms with Gasteiger partial charge < -0.3 is 15.1 Å². The molecule has 9 heteroatoms. The van der Waals surface area contributed by atoms with Crippen molar-refractivity contribution in [3.8, 4) is 0 Å². The molecule has 21 heavy (non-hydrogen) atoms. The number of fused-ring (bicyclic) bond motifs is 3. The van der Waals surface area contributed by atoms with Gasteiger partial charge in [0.1, 0.15) is 11.8 Å². The predicted octanol–water partition coefficient (Wildman–Crippen LogP) is -0.703. The van der Waals surface area contributed by atoms with Crippen LogP contribution in [0.2, 0.25) is 0 Å². The molecule has 0 bridgehead atoms. The van der Waals surface area contributed by atoms with Gasteiger partial charge in [-0.25, -0.2) is 9.86 Å². The van der Waals surface area contributed by atoms with Crippen molar-refractivity contribution in [2.45, 2.75) is 25.6 Å². The van der Waals surface area contributed by atoms with Crippen molar-refractivity contribution in [1.29, 1.82) is 0 Å². The summed E-state index contributed by atoms with van der Waals surface area (Å²) in [6.07, 6.45) is -1.10. The van der Waals surface area contributed by atoms with E-state index in [4.69, 9.17) is 9.94 Å². The van der Waals surface area contributed by atoms with E-state index in [1.807, 2.05) is 0 Å². The third-order valence-electron chi connectivity index (χ3n) is 3.75. The molecule has 2 aliphatic rings. The van der Waals surface area contributed by atoms with Gasteiger partial charge in [0.2, 0.25) is 0 Å². The second kappa shape index (κ2) is 5.01. The summed E-state index contributed by atoms with van der Waals surface area (Å²) in [5.41, 5.74) is 1.71. The van der Waals surface area contributed by atoms with Gasteiger partial charge in [0.25, 0.3) is 5.91 Å². The maximum Gasteiger partial charge on any atom is 0.407 e. The minimum Gasteiger partial charge on any atom is -0.465 e. The fraction of sp³-hybridized carbons (Fsp3) is 0.583. The molecule has 1 atom stereocenters. The second-order valence-electron chi connectivity index (χ2n) is 5.12. The van der Waals surface area contributed by atoms with Gasteiger partial charge in [0.05, 0.1) is 25.4 Å². The number of carboxylic acid groups (broad SMARTS) is 1. The Balaban J connectivity index is 2.03. The topological polar surface area (TPSA) is 108 Å². The normalized spacial score (nSPS) is 21.8. The van der Waals surface area contributed by atoms with Crippen molar-refractivity contribution in [3.05, 3.63) is 17.0 Å². The molecule has 0 saturated carbocycles. The minimum atomic E-state index is -1.01. The number of rotatable bonds is 1. The molecule has 9 nitrogen and oxygen atoms in total. The fourth-order valence-electron chi connectivity index (χ4n) is 2.70. The molecule has 2 aliphatic heterocycles. The van der Waals surface area contributed by atoms with Crippen LogP contribution in [0.1, 0.15) is 21.7 Å². The first-order chi connectivity index (χ1) is 10.0. The summed E-state index contributed by atoms with van der Waals surface area (Å²) in [4.78, 5) is 30.1. The van der Waals surface area contributed by atoms with Gasteiger partial charge in [-0.05, 0) is 0 Å². The maximum atomic E-state index is 12.4. The van der Waals surface area contributed by atoms with Crippen LogP contribution >= 0.6 is 0 Å². The van der Waals surface area contributed by atoms with E-state index in [1.54, 1.807) is 0 Å². The average molecular weight is 296 g/mol. The number of carbonyl (C=O) groups excluding carboxylic acids is 1. The number of hydrogen-bond acceptors (Lipinski definition) is 5. The first-order valence-electron chi connectivity index (χ1n) is 6.63. The van der Waals surface area contributed by atoms with Crippen molar-refractivity contribution in [2.24, 2.45) is 0 Å². The number of aliphatic hydroxyl groups excluding tert-OH is 1. The zero-order chi connectivity index (χ0) is 15.1. The van der Waals surface area contributed by atoms with Gasteiger partial charge in [-0.2, -0.15) is 5.10 Å². The lowest BCUT2D eigenvalue weighted by atomic mass is 10.1. The summed E-state index contributed by atoms with van der Waals surface area (Å²) in [6, 6.07) is 0. The highest BCUT2D eigenvalue weighted by molar-refractivity contribution is 5.93. The Morgan fingerprint density at radius 3 is 2.95 bits per heavy atom. The Morgan fingerprint density at radius 1 is 1.52 bits per heavy atom. The Labute approximate surface area is 120 Å². The summed E-state index contributed by atoms with van der Waals surface area (Å²) >= 11 is 0. The summed E-state index contributed by atoms with van der Waals surface area (Å²) in [5.74, 6) is -0.382. The van der Waals surface area contributed by atoms with Crippen LogP contribution in [-0.4, -0.2) is 68.3 Å². The van der Waals surface area contributed by atoms with E-state index < -0.39 is 12.2 Å². The van der Waals surface area contributed by atoms with Crippen molar-refractivity contribution >= 4 is 12.0 Å². The monoisotopic (exact) mass is 296 g/mol. The maximum absolute atomic E-state index is 12.4. The van der Waals surface area contributed by atoms with Gasteiger partial charge in [-0.3, -0.25) is 14.3 Å². The summed E-state index contributed by atoms with van der Waals surface area (Å²) < 4.78 is 1.52. The standard InChI is InChI=1S/C12H16N4O5/c1-14-11(18)10-8-5-15(12(19)20)3-2-9(8)13-16(10)4-7(6-17)21-14/h7,17H,2-6H2,1H3,(H,19,20)/t7-/m1/s1. The molecular formula is C12H16N4O5. The quantitative estimate of drug-likeness (QED) is 0.709. The molecule has 0 aliphatic carbocycles. The van der Waals surface area contributed by atoms with E-state index >= 15 is 0 Å². The third kappa shape index (κ3) is 2.24. The highest BCUT2D eigenvalue weighted by Crippen LogP contribution is 2.25. The molecule has 0 radical (unpaired) electrons. The molecule has 3 heterocycles. The van der Waals surface area contributed by atoms with Crippen LogP contribution in [0.25, 0.3) is 0 Å². The number of nitrogens with zero attached hydrogens (tertiary/aromatic N) is 4. The highest BCUT2D eigenvalue weighted by atomic mass is 16.7. The number of carbonyl (C=O) groups is 2. The summed E-state index contributed by atoms with van der Waals surface area (Å²) in [5, 5.41) is 23.8. The lowest BCUT2D eigenvalue weighted by Crippen LogP contribution is -2.36. The number of aliphatic hydroxyl groups is 1. The zero-order valence-corrected chi connectivity index (χ0v) is 11.5. The highest BCUT2D eigenvalue weighted by Gasteiger charge is 2.35. The van der Waals surface area contributed by atoms with Gasteiger partial charge in [0, 0.05) is 25.6 Å². The van der Waals surface area contributed by atoms with Crippen LogP contribution in [0, 0.1) is 0 Å². The number of hydroxylamine groups is 2. The first-order valence-corrected chi connectivity index (χ1v) is 6.63. The van der Waals surface area contributed by atoms with E-state index in [-0.39, 0.29) is 25.6 Å². The van der Waals surface area contributed by atoms with Crippen molar-refractivity contribution < 1.29 is 24.6 Å². The van der Waals surface area contributed by atoms with E-state index in [1.165, 1.54) is 16.6 Å². The second-order valence-corrected chi connectivity index (χ2v) is 5.12. The molecule has 0 fully saturated rings. The van der Waals surface area contributed by atoms with Gasteiger partial charge >= 0.3 is 6.09 Å². The predicted molar refractivity (Wildman–Crippen MR) is 68.4 cm³/mol. The number of aromatic nitrogens is 2. The van der Waals surface area contributed by atoms with Gasteiger partial charge in [-0.1, -0.05) is 0 Å². The molecule has 1 aromatic heterocycles. The van der Waals surface area contributed by atoms with Crippen LogP contribution in [0.5, 0.6) is 0 Å². The Kier molecular flexibility index (Phi) is 3.30. The average Bonchev–Trinajstić information content (AvgIpc) is 2.76. The van der Waals surface area contributed by atoms with Crippen molar-refractivity contribution in [3.63, 3.8) is 0 Å². The Hall–Kier alpha value is -2.13. The molecule has 3 rings (SSSR count). The smallest absolute Gasteiger partial charge is 0.407 e. The molecule has 114 valence electrons. The van der Waals surface area contributed by atoms with Crippen molar-refractivity contribution in [1.82, 2.24) is 19.7 Å². The molecule has 0 spiro atoms. The van der Waals surface area contributed by atoms with Crippen LogP contribution in [-0.2, 0) is 24.3 Å². The SMILES string of the molecule is CN1O[C@@H](CO)Cn2nc3c(c2C1=O)CN(C(=O)O)CC3. The third-order valence-corrected chi connectivity index (χ3v) is 3.75. The van der Waals surface area contributed by atoms with E-state index in [2.05, 4.69) is 5.10 Å².